The van der Waals surface area contributed by atoms with Gasteiger partial charge in [0.2, 0.25) is 0 Å². The number of thiol groups is 1. The van der Waals surface area contributed by atoms with Crippen LogP contribution in [0.5, 0.6) is 0 Å². The Morgan fingerprint density at radius 1 is 1.14 bits per heavy atom. The molecule has 22 heavy (non-hydrogen) atoms. The van der Waals surface area contributed by atoms with Gasteiger partial charge in [-0.25, -0.2) is 4.39 Å². The van der Waals surface area contributed by atoms with Crippen LogP contribution in [0.15, 0.2) is 59.2 Å². The average molecular weight is 320 g/mol. The highest BCUT2D eigenvalue weighted by Crippen LogP contribution is 2.23. The molecular formula is C17H21FN2OS. The number of allylic oxidation sites excluding steroid dienone is 1. The van der Waals surface area contributed by atoms with Crippen LogP contribution in [0.4, 0.5) is 4.39 Å². The summed E-state index contributed by atoms with van der Waals surface area (Å²) >= 11 is 4.00. The van der Waals surface area contributed by atoms with Crippen molar-refractivity contribution in [1.29, 1.82) is 0 Å². The highest BCUT2D eigenvalue weighted by molar-refractivity contribution is 7.80. The van der Waals surface area contributed by atoms with Gasteiger partial charge in [0.25, 0.3) is 0 Å². The molecule has 0 aliphatic rings. The van der Waals surface area contributed by atoms with Crippen LogP contribution in [0.1, 0.15) is 12.5 Å². The van der Waals surface area contributed by atoms with E-state index < -0.39 is 6.17 Å². The maximum Gasteiger partial charge on any atom is 0.137 e. The van der Waals surface area contributed by atoms with E-state index >= 15 is 0 Å². The van der Waals surface area contributed by atoms with E-state index in [-0.39, 0.29) is 11.6 Å². The van der Waals surface area contributed by atoms with Crippen LogP contribution in [0.2, 0.25) is 0 Å². The highest BCUT2D eigenvalue weighted by atomic mass is 32.1. The third-order valence-corrected chi connectivity index (χ3v) is 3.13. The minimum atomic E-state index is -0.537. The fourth-order valence-corrected chi connectivity index (χ4v) is 1.85. The van der Waals surface area contributed by atoms with Crippen molar-refractivity contribution in [3.63, 3.8) is 0 Å². The fraction of sp³-hybridized carbons (Fsp3) is 0.176. The Balaban J connectivity index is 0.000000295. The first-order valence-electron chi connectivity index (χ1n) is 6.73. The van der Waals surface area contributed by atoms with E-state index in [1.165, 1.54) is 24.6 Å². The van der Waals surface area contributed by atoms with Crippen LogP contribution >= 0.6 is 12.6 Å². The van der Waals surface area contributed by atoms with Gasteiger partial charge in [-0.05, 0) is 43.2 Å². The lowest BCUT2D eigenvalue weighted by Gasteiger charge is -2.03. The molecular weight excluding hydrogens is 299 g/mol. The summed E-state index contributed by atoms with van der Waals surface area (Å²) in [5, 5.41) is 8.42. The maximum absolute atomic E-state index is 13.3. The third kappa shape index (κ3) is 6.30. The summed E-state index contributed by atoms with van der Waals surface area (Å²) < 4.78 is 13.3. The molecule has 0 saturated carbocycles. The van der Waals surface area contributed by atoms with Crippen LogP contribution in [-0.4, -0.2) is 11.3 Å². The minimum Gasteiger partial charge on any atom is -0.513 e. The quantitative estimate of drug-likeness (QED) is 0.386. The van der Waals surface area contributed by atoms with E-state index in [4.69, 9.17) is 16.6 Å². The van der Waals surface area contributed by atoms with Gasteiger partial charge < -0.3 is 16.6 Å². The predicted molar refractivity (Wildman–Crippen MR) is 92.4 cm³/mol. The van der Waals surface area contributed by atoms with Crippen LogP contribution < -0.4 is 11.5 Å². The van der Waals surface area contributed by atoms with E-state index in [1.807, 2.05) is 37.3 Å². The molecule has 0 aliphatic carbocycles. The second-order valence-electron chi connectivity index (χ2n) is 4.92. The van der Waals surface area contributed by atoms with Crippen molar-refractivity contribution in [2.75, 3.05) is 0 Å². The molecule has 0 saturated heterocycles. The van der Waals surface area contributed by atoms with Crippen LogP contribution in [0.25, 0.3) is 11.1 Å². The molecule has 0 unspecified atom stereocenters. The predicted octanol–water partition coefficient (Wildman–Crippen LogP) is 3.78. The number of benzene rings is 2. The summed E-state index contributed by atoms with van der Waals surface area (Å²) in [6, 6.07) is 13.1. The fourth-order valence-electron chi connectivity index (χ4n) is 1.71. The standard InChI is InChI=1S/C13H11FS.C4H10N2O/c1-9-2-4-10(5-3-9)11-6-7-13(15)12(14)8-11;1-3(7)2-4(5)6/h2-8,15H,1H3;2,4,7H,5-6H2,1H3/b;3-2-. The first kappa shape index (κ1) is 18.2. The molecule has 0 aliphatic heterocycles. The van der Waals surface area contributed by atoms with E-state index in [1.54, 1.807) is 6.07 Å². The van der Waals surface area contributed by atoms with Crippen molar-refractivity contribution in [1.82, 2.24) is 0 Å². The van der Waals surface area contributed by atoms with Gasteiger partial charge in [-0.3, -0.25) is 0 Å². The van der Waals surface area contributed by atoms with Gasteiger partial charge in [0, 0.05) is 4.90 Å². The largest absolute Gasteiger partial charge is 0.513 e. The molecule has 2 rings (SSSR count). The molecule has 0 spiro atoms. The van der Waals surface area contributed by atoms with Gasteiger partial charge in [0.15, 0.2) is 0 Å². The van der Waals surface area contributed by atoms with Crippen molar-refractivity contribution in [3.8, 4) is 11.1 Å². The van der Waals surface area contributed by atoms with Gasteiger partial charge in [-0.1, -0.05) is 35.9 Å². The second kappa shape index (κ2) is 8.58. The number of nitrogens with two attached hydrogens (primary N) is 2. The normalized spacial score (nSPS) is 11.1. The number of aliphatic hydroxyl groups excluding tert-OH is 1. The Kier molecular flexibility index (Phi) is 7.11. The van der Waals surface area contributed by atoms with Crippen molar-refractivity contribution >= 4 is 12.6 Å². The number of halogens is 1. The monoisotopic (exact) mass is 320 g/mol. The van der Waals surface area contributed by atoms with Gasteiger partial charge in [0.1, 0.15) is 5.82 Å². The van der Waals surface area contributed by atoms with E-state index in [0.29, 0.717) is 4.90 Å². The topological polar surface area (TPSA) is 72.3 Å². The summed E-state index contributed by atoms with van der Waals surface area (Å²) in [5.41, 5.74) is 13.2. The molecule has 3 nitrogen and oxygen atoms in total. The van der Waals surface area contributed by atoms with Gasteiger partial charge in [-0.2, -0.15) is 0 Å². The molecule has 0 fully saturated rings. The Hall–Kier alpha value is -1.82. The minimum absolute atomic E-state index is 0.162. The number of hydrogen-bond donors (Lipinski definition) is 4. The number of aryl methyl sites for hydroxylation is 1. The van der Waals surface area contributed by atoms with Crippen LogP contribution in [0, 0.1) is 12.7 Å². The Bertz CT molecular complexity index is 636. The molecule has 118 valence electrons. The molecule has 0 amide bonds. The Morgan fingerprint density at radius 2 is 1.68 bits per heavy atom. The van der Waals surface area contributed by atoms with Crippen LogP contribution in [-0.2, 0) is 0 Å². The van der Waals surface area contributed by atoms with Crippen LogP contribution in [0.3, 0.4) is 0 Å². The summed E-state index contributed by atoms with van der Waals surface area (Å²) in [5.74, 6) is -0.119. The van der Waals surface area contributed by atoms with Gasteiger partial charge in [-0.15, -0.1) is 12.6 Å². The lowest BCUT2D eigenvalue weighted by atomic mass is 10.0. The molecule has 5 heteroatoms. The zero-order valence-corrected chi connectivity index (χ0v) is 13.5. The summed E-state index contributed by atoms with van der Waals surface area (Å²) in [4.78, 5) is 0.380. The number of rotatable bonds is 2. The smallest absolute Gasteiger partial charge is 0.137 e. The maximum atomic E-state index is 13.3. The Morgan fingerprint density at radius 3 is 2.09 bits per heavy atom. The van der Waals surface area contributed by atoms with E-state index in [0.717, 1.165) is 11.1 Å². The summed E-state index contributed by atoms with van der Waals surface area (Å²) in [7, 11) is 0. The second-order valence-corrected chi connectivity index (χ2v) is 5.40. The molecule has 0 bridgehead atoms. The van der Waals surface area contributed by atoms with Crippen molar-refractivity contribution < 1.29 is 9.50 Å². The third-order valence-electron chi connectivity index (χ3n) is 2.77. The van der Waals surface area contributed by atoms with Gasteiger partial charge in [0.05, 0.1) is 11.9 Å². The zero-order valence-electron chi connectivity index (χ0n) is 12.6. The first-order chi connectivity index (χ1) is 10.3. The first-order valence-corrected chi connectivity index (χ1v) is 7.18. The molecule has 0 radical (unpaired) electrons. The van der Waals surface area contributed by atoms with E-state index in [2.05, 4.69) is 12.6 Å². The van der Waals surface area contributed by atoms with Crippen molar-refractivity contribution in [2.24, 2.45) is 11.5 Å². The Labute approximate surface area is 135 Å². The molecule has 0 aromatic heterocycles. The number of hydrogen-bond acceptors (Lipinski definition) is 4. The molecule has 0 atom stereocenters. The SMILES string of the molecule is C/C(O)=C/C(N)N.Cc1ccc(-c2ccc(S)c(F)c2)cc1. The number of aliphatic hydroxyl groups is 1. The van der Waals surface area contributed by atoms with Gasteiger partial charge >= 0.3 is 0 Å². The molecule has 2 aromatic rings. The molecule has 2 aromatic carbocycles. The lowest BCUT2D eigenvalue weighted by molar-refractivity contribution is 0.409. The molecule has 5 N–H and O–H groups in total. The highest BCUT2D eigenvalue weighted by Gasteiger charge is 2.01. The lowest BCUT2D eigenvalue weighted by Crippen LogP contribution is -2.27. The average Bonchev–Trinajstić information content (AvgIpc) is 2.42. The van der Waals surface area contributed by atoms with E-state index in [9.17, 15) is 4.39 Å². The van der Waals surface area contributed by atoms with Crippen molar-refractivity contribution in [3.05, 3.63) is 65.7 Å². The van der Waals surface area contributed by atoms with Crippen molar-refractivity contribution in [2.45, 2.75) is 24.9 Å². The summed E-state index contributed by atoms with van der Waals surface area (Å²) in [6.45, 7) is 3.55. The zero-order chi connectivity index (χ0) is 16.7. The summed E-state index contributed by atoms with van der Waals surface area (Å²) in [6.07, 6.45) is 0.824. The molecule has 0 heterocycles.